The maximum atomic E-state index is 14.1. The van der Waals surface area contributed by atoms with Crippen LogP contribution in [0.1, 0.15) is 43.5 Å². The van der Waals surface area contributed by atoms with Crippen LogP contribution in [0.4, 0.5) is 4.79 Å². The molecule has 11 nitrogen and oxygen atoms in total. The van der Waals surface area contributed by atoms with E-state index in [1.807, 2.05) is 6.07 Å². The van der Waals surface area contributed by atoms with Crippen LogP contribution >= 0.6 is 0 Å². The molecule has 2 atom stereocenters. The molecule has 210 valence electrons. The minimum atomic E-state index is -1.44. The van der Waals surface area contributed by atoms with Crippen molar-refractivity contribution in [3.05, 3.63) is 65.2 Å². The lowest BCUT2D eigenvalue weighted by Crippen LogP contribution is -2.54. The van der Waals surface area contributed by atoms with E-state index in [2.05, 4.69) is 21.3 Å². The van der Waals surface area contributed by atoms with Crippen LogP contribution < -0.4 is 10.6 Å². The highest BCUT2D eigenvalue weighted by molar-refractivity contribution is 5.94. The number of carbonyl (C=O) groups is 4. The number of phenols is 1. The first-order valence-electron chi connectivity index (χ1n) is 12.2. The molecule has 0 radical (unpaired) electrons. The van der Waals surface area contributed by atoms with Crippen LogP contribution in [0.15, 0.2) is 48.5 Å². The second-order valence-corrected chi connectivity index (χ2v) is 9.62. The van der Waals surface area contributed by atoms with Gasteiger partial charge < -0.3 is 30.1 Å². The van der Waals surface area contributed by atoms with Crippen molar-refractivity contribution < 1.29 is 33.8 Å². The van der Waals surface area contributed by atoms with Gasteiger partial charge in [0.15, 0.2) is 0 Å². The number of methoxy groups -OCH3 is 1. The third-order valence-corrected chi connectivity index (χ3v) is 5.49. The summed E-state index contributed by atoms with van der Waals surface area (Å²) in [6.45, 7) is 3.92. The van der Waals surface area contributed by atoms with E-state index in [-0.39, 0.29) is 23.3 Å². The minimum absolute atomic E-state index is 0.00562. The van der Waals surface area contributed by atoms with E-state index in [9.17, 15) is 29.5 Å². The monoisotopic (exact) mass is 548 g/mol. The average Bonchev–Trinajstić information content (AvgIpc) is 2.91. The molecule has 3 amide bonds. The van der Waals surface area contributed by atoms with Gasteiger partial charge in [0, 0.05) is 12.0 Å². The van der Waals surface area contributed by atoms with Gasteiger partial charge in [-0.3, -0.25) is 14.4 Å². The molecule has 0 aliphatic heterocycles. The number of alkyl carbamates (subject to hydrolysis) is 1. The van der Waals surface area contributed by atoms with E-state index in [1.165, 1.54) is 18.2 Å². The van der Waals surface area contributed by atoms with Gasteiger partial charge in [0.05, 0.1) is 13.2 Å². The number of aromatic hydroxyl groups is 1. The van der Waals surface area contributed by atoms with Gasteiger partial charge in [0.1, 0.15) is 36.5 Å². The highest BCUT2D eigenvalue weighted by Gasteiger charge is 2.37. The fourth-order valence-corrected chi connectivity index (χ4v) is 3.74. The van der Waals surface area contributed by atoms with Crippen LogP contribution in [-0.4, -0.2) is 65.7 Å². The Morgan fingerprint density at radius 3 is 2.33 bits per heavy atom. The Bertz CT molecular complexity index is 1300. The number of ether oxygens (including phenoxy) is 2. The van der Waals surface area contributed by atoms with Gasteiger partial charge in [-0.2, -0.15) is 5.26 Å². The van der Waals surface area contributed by atoms with Crippen LogP contribution in [-0.2, 0) is 30.3 Å². The molecule has 0 bridgehead atoms. The van der Waals surface area contributed by atoms with Gasteiger partial charge in [-0.25, -0.2) is 4.79 Å². The smallest absolute Gasteiger partial charge is 0.408 e. The average molecular weight is 549 g/mol. The Balaban J connectivity index is 2.58. The van der Waals surface area contributed by atoms with Gasteiger partial charge in [0.25, 0.3) is 0 Å². The number of hydrogen-bond donors (Lipinski definition) is 3. The zero-order valence-electron chi connectivity index (χ0n) is 22.8. The highest BCUT2D eigenvalue weighted by Crippen LogP contribution is 2.26. The zero-order chi connectivity index (χ0) is 29.9. The minimum Gasteiger partial charge on any atom is -0.508 e. The lowest BCUT2D eigenvalue weighted by Gasteiger charge is -2.33. The summed E-state index contributed by atoms with van der Waals surface area (Å²) in [5, 5.41) is 24.3. The second-order valence-electron chi connectivity index (χ2n) is 9.62. The van der Waals surface area contributed by atoms with Crippen molar-refractivity contribution in [2.45, 2.75) is 44.9 Å². The van der Waals surface area contributed by atoms with Crippen LogP contribution in [0.2, 0.25) is 0 Å². The molecule has 0 fully saturated rings. The van der Waals surface area contributed by atoms with E-state index in [0.717, 1.165) is 12.0 Å². The summed E-state index contributed by atoms with van der Waals surface area (Å²) in [4.78, 5) is 52.9. The van der Waals surface area contributed by atoms with Crippen molar-refractivity contribution in [1.29, 1.82) is 5.26 Å². The molecule has 2 rings (SSSR count). The fraction of sp³-hybridized carbons (Fsp3) is 0.345. The molecule has 3 N–H and O–H groups in total. The van der Waals surface area contributed by atoms with Crippen LogP contribution in [0.3, 0.4) is 0 Å². The number of benzene rings is 2. The van der Waals surface area contributed by atoms with E-state index >= 15 is 0 Å². The van der Waals surface area contributed by atoms with Crippen LogP contribution in [0.5, 0.6) is 5.75 Å². The Hall–Kier alpha value is -5.03. The molecule has 2 aromatic carbocycles. The Kier molecular flexibility index (Phi) is 11.1. The van der Waals surface area contributed by atoms with Crippen LogP contribution in [0.25, 0.3) is 0 Å². The standard InChI is InChI=1S/C29H32N4O7/c1-6-20-9-7-8-10-22(20)25(26(36)31-18-24(35)39-5)33(16-15-30)27(37)23(32-28(38)40-29(2,3)4)17-19-11-13-21(34)14-12-19/h1,7-14,23,25,34H,16-18H2,2-5H3,(H,31,36)(H,32,38). The molecule has 11 heteroatoms. The van der Waals surface area contributed by atoms with Crippen LogP contribution in [0, 0.1) is 23.7 Å². The first-order valence-corrected chi connectivity index (χ1v) is 12.2. The number of nitriles is 1. The maximum Gasteiger partial charge on any atom is 0.408 e. The van der Waals surface area contributed by atoms with Gasteiger partial charge >= 0.3 is 12.1 Å². The molecule has 0 spiro atoms. The summed E-state index contributed by atoms with van der Waals surface area (Å²) in [6, 6.07) is 11.5. The predicted octanol–water partition coefficient (Wildman–Crippen LogP) is 2.19. The van der Waals surface area contributed by atoms with Gasteiger partial charge in [-0.15, -0.1) is 6.42 Å². The molecule has 0 saturated heterocycles. The van der Waals surface area contributed by atoms with Crippen molar-refractivity contribution in [2.75, 3.05) is 20.2 Å². The lowest BCUT2D eigenvalue weighted by atomic mass is 9.96. The number of hydrogen-bond acceptors (Lipinski definition) is 8. The largest absolute Gasteiger partial charge is 0.508 e. The predicted molar refractivity (Wildman–Crippen MR) is 144 cm³/mol. The number of terminal acetylenes is 1. The molecule has 0 saturated carbocycles. The van der Waals surface area contributed by atoms with E-state index < -0.39 is 54.7 Å². The summed E-state index contributed by atoms with van der Waals surface area (Å²) >= 11 is 0. The number of nitrogens with one attached hydrogen (secondary N) is 2. The van der Waals surface area contributed by atoms with Gasteiger partial charge in [0.2, 0.25) is 11.8 Å². The number of carbonyl (C=O) groups excluding carboxylic acids is 4. The third kappa shape index (κ3) is 9.07. The van der Waals surface area contributed by atoms with Crippen molar-refractivity contribution in [2.24, 2.45) is 0 Å². The van der Waals surface area contributed by atoms with Gasteiger partial charge in [-0.05, 0) is 50.1 Å². The first-order chi connectivity index (χ1) is 18.9. The first kappa shape index (κ1) is 31.2. The molecule has 2 aromatic rings. The lowest BCUT2D eigenvalue weighted by molar-refractivity contribution is -0.144. The van der Waals surface area contributed by atoms with Gasteiger partial charge in [-0.1, -0.05) is 36.3 Å². The molecule has 0 aromatic heterocycles. The zero-order valence-corrected chi connectivity index (χ0v) is 22.8. The Morgan fingerprint density at radius 1 is 1.10 bits per heavy atom. The number of rotatable bonds is 10. The molecule has 0 aliphatic rings. The van der Waals surface area contributed by atoms with E-state index in [0.29, 0.717) is 5.56 Å². The Labute approximate surface area is 233 Å². The van der Waals surface area contributed by atoms with Crippen molar-refractivity contribution >= 4 is 23.9 Å². The number of nitrogens with zero attached hydrogens (tertiary/aromatic N) is 2. The molecular formula is C29H32N4O7. The number of esters is 1. The third-order valence-electron chi connectivity index (χ3n) is 5.49. The Morgan fingerprint density at radius 2 is 1.75 bits per heavy atom. The number of phenolic OH excluding ortho intramolecular Hbond substituents is 1. The molecule has 2 unspecified atom stereocenters. The van der Waals surface area contributed by atoms with Crippen molar-refractivity contribution in [3.8, 4) is 24.2 Å². The molecule has 40 heavy (non-hydrogen) atoms. The number of amides is 3. The quantitative estimate of drug-likeness (QED) is 0.232. The maximum absolute atomic E-state index is 14.1. The fourth-order valence-electron chi connectivity index (χ4n) is 3.74. The summed E-state index contributed by atoms with van der Waals surface area (Å²) < 4.78 is 9.92. The second kappa shape index (κ2) is 14.2. The highest BCUT2D eigenvalue weighted by atomic mass is 16.6. The summed E-state index contributed by atoms with van der Waals surface area (Å²) in [6.07, 6.45) is 4.71. The molecule has 0 aliphatic carbocycles. The summed E-state index contributed by atoms with van der Waals surface area (Å²) in [7, 11) is 1.15. The topological polar surface area (TPSA) is 158 Å². The summed E-state index contributed by atoms with van der Waals surface area (Å²) in [5.41, 5.74) is 0.216. The normalized spacial score (nSPS) is 12.1. The molecule has 0 heterocycles. The van der Waals surface area contributed by atoms with Crippen molar-refractivity contribution in [1.82, 2.24) is 15.5 Å². The van der Waals surface area contributed by atoms with E-state index in [4.69, 9.17) is 11.2 Å². The summed E-state index contributed by atoms with van der Waals surface area (Å²) in [5.74, 6) is 0.165. The molecular weight excluding hydrogens is 516 g/mol. The van der Waals surface area contributed by atoms with E-state index in [1.54, 1.807) is 51.1 Å². The van der Waals surface area contributed by atoms with Crippen molar-refractivity contribution in [3.63, 3.8) is 0 Å². The SMILES string of the molecule is C#Cc1ccccc1C(C(=O)NCC(=O)OC)N(CC#N)C(=O)C(Cc1ccc(O)cc1)NC(=O)OC(C)(C)C.